The molecular formula is C13H12NO5-. The lowest BCUT2D eigenvalue weighted by atomic mass is 10.1. The molecular weight excluding hydrogens is 250 g/mol. The molecule has 6 nitrogen and oxygen atoms in total. The zero-order valence-corrected chi connectivity index (χ0v) is 10.1. The summed E-state index contributed by atoms with van der Waals surface area (Å²) in [6, 6.07) is 7.85. The Labute approximate surface area is 109 Å². The molecule has 1 aromatic carbocycles. The summed E-state index contributed by atoms with van der Waals surface area (Å²) in [5.74, 6) is -1.46. The summed E-state index contributed by atoms with van der Waals surface area (Å²) in [4.78, 5) is 34.6. The van der Waals surface area contributed by atoms with E-state index in [0.29, 0.717) is 0 Å². The predicted molar refractivity (Wildman–Crippen MR) is 61.5 cm³/mol. The van der Waals surface area contributed by atoms with E-state index in [1.165, 1.54) is 0 Å². The van der Waals surface area contributed by atoms with Gasteiger partial charge in [0.25, 0.3) is 0 Å². The minimum atomic E-state index is -1.46. The van der Waals surface area contributed by atoms with Crippen LogP contribution in [0.25, 0.3) is 0 Å². The lowest BCUT2D eigenvalue weighted by molar-refractivity contribution is -0.269. The van der Waals surface area contributed by atoms with Gasteiger partial charge in [-0.25, -0.2) is 4.79 Å². The first kappa shape index (κ1) is 13.1. The molecule has 0 N–H and O–H groups in total. The summed E-state index contributed by atoms with van der Waals surface area (Å²) in [6.07, 6.45) is -1.31. The zero-order chi connectivity index (χ0) is 13.8. The summed E-state index contributed by atoms with van der Waals surface area (Å²) in [5.41, 5.74) is 0.733. The van der Waals surface area contributed by atoms with E-state index >= 15 is 0 Å². The molecule has 0 spiro atoms. The molecule has 1 aromatic rings. The van der Waals surface area contributed by atoms with Gasteiger partial charge in [-0.2, -0.15) is 0 Å². The van der Waals surface area contributed by atoms with E-state index in [0.717, 1.165) is 10.5 Å². The van der Waals surface area contributed by atoms with Gasteiger partial charge in [0.05, 0.1) is 0 Å². The molecule has 1 heterocycles. The highest BCUT2D eigenvalue weighted by Crippen LogP contribution is 2.18. The maximum atomic E-state index is 11.6. The van der Waals surface area contributed by atoms with Crippen molar-refractivity contribution in [3.05, 3.63) is 35.9 Å². The van der Waals surface area contributed by atoms with E-state index in [1.54, 1.807) is 30.3 Å². The quantitative estimate of drug-likeness (QED) is 0.568. The van der Waals surface area contributed by atoms with Gasteiger partial charge in [-0.3, -0.25) is 4.79 Å². The SMILES string of the molecule is O=C1CC[C@H](N(Cc2ccccc2)C(=O)[O-])C(=O)O1. The summed E-state index contributed by atoms with van der Waals surface area (Å²) in [7, 11) is 0. The van der Waals surface area contributed by atoms with Crippen molar-refractivity contribution in [1.29, 1.82) is 0 Å². The van der Waals surface area contributed by atoms with Crippen LogP contribution in [0.1, 0.15) is 18.4 Å². The van der Waals surface area contributed by atoms with E-state index in [9.17, 15) is 19.5 Å². The van der Waals surface area contributed by atoms with Gasteiger partial charge in [0.15, 0.2) is 0 Å². The third-order valence-corrected chi connectivity index (χ3v) is 2.91. The third-order valence-electron chi connectivity index (χ3n) is 2.91. The number of ether oxygens (including phenoxy) is 1. The van der Waals surface area contributed by atoms with Crippen molar-refractivity contribution in [2.45, 2.75) is 25.4 Å². The van der Waals surface area contributed by atoms with Gasteiger partial charge in [0.1, 0.15) is 12.1 Å². The van der Waals surface area contributed by atoms with Crippen LogP contribution in [0, 0.1) is 0 Å². The van der Waals surface area contributed by atoms with Crippen LogP contribution in [0.4, 0.5) is 4.79 Å². The first-order valence-electron chi connectivity index (χ1n) is 5.84. The number of hydrogen-bond donors (Lipinski definition) is 0. The Bertz CT molecular complexity index is 499. The van der Waals surface area contributed by atoms with Crippen LogP contribution in [0.2, 0.25) is 0 Å². The topological polar surface area (TPSA) is 86.7 Å². The van der Waals surface area contributed by atoms with E-state index in [4.69, 9.17) is 0 Å². The largest absolute Gasteiger partial charge is 0.530 e. The smallest absolute Gasteiger partial charge is 0.336 e. The Morgan fingerprint density at radius 1 is 1.32 bits per heavy atom. The molecule has 0 aromatic heterocycles. The fourth-order valence-corrected chi connectivity index (χ4v) is 1.97. The molecule has 0 unspecified atom stereocenters. The van der Waals surface area contributed by atoms with Gasteiger partial charge >= 0.3 is 11.9 Å². The van der Waals surface area contributed by atoms with Crippen LogP contribution in [0.5, 0.6) is 0 Å². The number of carbonyl (C=O) groups is 3. The van der Waals surface area contributed by atoms with Gasteiger partial charge in [-0.1, -0.05) is 30.3 Å². The standard InChI is InChI=1S/C13H13NO5/c15-11-7-6-10(12(16)19-11)14(13(17)18)8-9-4-2-1-3-5-9/h1-5,10H,6-8H2,(H,17,18)/p-1/t10-/m0/s1. The lowest BCUT2D eigenvalue weighted by Crippen LogP contribution is -2.52. The lowest BCUT2D eigenvalue weighted by Gasteiger charge is -2.33. The fourth-order valence-electron chi connectivity index (χ4n) is 1.97. The summed E-state index contributed by atoms with van der Waals surface area (Å²) < 4.78 is 4.46. The Balaban J connectivity index is 2.14. The highest BCUT2D eigenvalue weighted by Gasteiger charge is 2.33. The van der Waals surface area contributed by atoms with Crippen molar-refractivity contribution in [2.24, 2.45) is 0 Å². The molecule has 19 heavy (non-hydrogen) atoms. The first-order valence-corrected chi connectivity index (χ1v) is 5.84. The minimum Gasteiger partial charge on any atom is -0.530 e. The Morgan fingerprint density at radius 2 is 2.00 bits per heavy atom. The average molecular weight is 262 g/mol. The van der Waals surface area contributed by atoms with Gasteiger partial charge in [0, 0.05) is 13.0 Å². The number of nitrogens with zero attached hydrogens (tertiary/aromatic N) is 1. The van der Waals surface area contributed by atoms with Crippen LogP contribution in [-0.4, -0.2) is 29.0 Å². The second-order valence-electron chi connectivity index (χ2n) is 4.23. The number of rotatable bonds is 3. The number of esters is 2. The van der Waals surface area contributed by atoms with Gasteiger partial charge in [0.2, 0.25) is 0 Å². The summed E-state index contributed by atoms with van der Waals surface area (Å²) >= 11 is 0. The van der Waals surface area contributed by atoms with Gasteiger partial charge in [-0.05, 0) is 12.0 Å². The molecule has 6 heteroatoms. The number of carboxylic acid groups (broad SMARTS) is 1. The molecule has 2 rings (SSSR count). The molecule has 0 bridgehead atoms. The molecule has 0 saturated carbocycles. The van der Waals surface area contributed by atoms with Crippen molar-refractivity contribution in [2.75, 3.05) is 0 Å². The molecule has 1 atom stereocenters. The summed E-state index contributed by atoms with van der Waals surface area (Å²) in [5, 5.41) is 11.2. The van der Waals surface area contributed by atoms with Crippen LogP contribution in [0.15, 0.2) is 30.3 Å². The van der Waals surface area contributed by atoms with Gasteiger partial charge < -0.3 is 19.5 Å². The maximum absolute atomic E-state index is 11.6. The van der Waals surface area contributed by atoms with E-state index < -0.39 is 24.1 Å². The van der Waals surface area contributed by atoms with E-state index in [-0.39, 0.29) is 19.4 Å². The van der Waals surface area contributed by atoms with E-state index in [2.05, 4.69) is 4.74 Å². The fraction of sp³-hybridized carbons (Fsp3) is 0.308. The molecule has 1 fully saturated rings. The van der Waals surface area contributed by atoms with Crippen LogP contribution in [0.3, 0.4) is 0 Å². The highest BCUT2D eigenvalue weighted by atomic mass is 16.6. The molecule has 100 valence electrons. The van der Waals surface area contributed by atoms with Crippen LogP contribution < -0.4 is 5.11 Å². The molecule has 0 radical (unpaired) electrons. The maximum Gasteiger partial charge on any atom is 0.336 e. The van der Waals surface area contributed by atoms with Crippen molar-refractivity contribution >= 4 is 18.0 Å². The van der Waals surface area contributed by atoms with Crippen LogP contribution >= 0.6 is 0 Å². The van der Waals surface area contributed by atoms with E-state index in [1.807, 2.05) is 0 Å². The second kappa shape index (κ2) is 5.51. The zero-order valence-electron chi connectivity index (χ0n) is 10.1. The van der Waals surface area contributed by atoms with Crippen LogP contribution in [-0.2, 0) is 20.9 Å². The first-order chi connectivity index (χ1) is 9.08. The number of cyclic esters (lactones) is 2. The molecule has 1 aliphatic rings. The molecule has 1 amide bonds. The van der Waals surface area contributed by atoms with Crippen molar-refractivity contribution < 1.29 is 24.2 Å². The van der Waals surface area contributed by atoms with Crippen molar-refractivity contribution in [3.8, 4) is 0 Å². The highest BCUT2D eigenvalue weighted by molar-refractivity contribution is 5.92. The molecule has 1 saturated heterocycles. The van der Waals surface area contributed by atoms with Crippen molar-refractivity contribution in [3.63, 3.8) is 0 Å². The Hall–Kier alpha value is -2.37. The van der Waals surface area contributed by atoms with Crippen molar-refractivity contribution in [1.82, 2.24) is 4.90 Å². The number of carbonyl (C=O) groups excluding carboxylic acids is 3. The van der Waals surface area contributed by atoms with Gasteiger partial charge in [-0.15, -0.1) is 0 Å². The second-order valence-corrected chi connectivity index (χ2v) is 4.23. The monoisotopic (exact) mass is 262 g/mol. The average Bonchev–Trinajstić information content (AvgIpc) is 2.38. The third kappa shape index (κ3) is 3.09. The number of benzene rings is 1. The Kier molecular flexibility index (Phi) is 3.79. The molecule has 1 aliphatic heterocycles. The normalized spacial score (nSPS) is 18.8. The minimum absolute atomic E-state index is 0.0228. The number of amides is 1. The Morgan fingerprint density at radius 3 is 2.58 bits per heavy atom. The number of hydrogen-bond acceptors (Lipinski definition) is 5. The molecule has 0 aliphatic carbocycles. The predicted octanol–water partition coefficient (Wildman–Crippen LogP) is 0.0641. The summed E-state index contributed by atoms with van der Waals surface area (Å²) in [6.45, 7) is 0.0249.